The van der Waals surface area contributed by atoms with Gasteiger partial charge < -0.3 is 40.7 Å². The summed E-state index contributed by atoms with van der Waals surface area (Å²) >= 11 is 0. The monoisotopic (exact) mass is 2150 g/mol. The summed E-state index contributed by atoms with van der Waals surface area (Å²) in [6.45, 7) is 25.0. The molecule has 0 saturated heterocycles. The van der Waals surface area contributed by atoms with E-state index in [1.807, 2.05) is 0 Å². The van der Waals surface area contributed by atoms with Crippen LogP contribution in [0.25, 0.3) is 0 Å². The van der Waals surface area contributed by atoms with Crippen molar-refractivity contribution in [2.45, 2.75) is 525 Å². The SMILES string of the molecule is CCCCCCCCCc1ccc(OP(Oc2ccc(CCCCCCCCC)cc2)Oc2ccc(CCCCCCCCC)cc2)cc1.CCCCCCCCCc1ccc(OP(Oc2ccc(CCCCCCCCC)cc2)Oc2ccc(CCCCCCCCC)cc2)cc1.CCCCCCCCCc1ccc(OP(Oc2ccc(CCCCCCCCC)cc2)Oc2ccc(CCCCCCCCC)cc2)cc1.[C]=O.[Ni]. The summed E-state index contributed by atoms with van der Waals surface area (Å²) < 4.78 is 57.4. The molecule has 0 N–H and O–H groups in total. The van der Waals surface area contributed by atoms with E-state index in [2.05, 4.69) is 287 Å². The predicted molar refractivity (Wildman–Crippen MR) is 645 cm³/mol. The Balaban J connectivity index is 0.000000391. The third-order valence-electron chi connectivity index (χ3n) is 28.6. The molecule has 0 aromatic heterocycles. The molecule has 0 heterocycles. The van der Waals surface area contributed by atoms with Crippen LogP contribution in [0.5, 0.6) is 51.7 Å². The van der Waals surface area contributed by atoms with Gasteiger partial charge in [0.15, 0.2) is 0 Å². The molecule has 0 unspecified atom stereocenters. The third-order valence-corrected chi connectivity index (χ3v) is 31.8. The average molecular weight is 2150 g/mol. The van der Waals surface area contributed by atoms with Gasteiger partial charge in [0, 0.05) is 16.5 Å². The van der Waals surface area contributed by atoms with Crippen molar-refractivity contribution in [1.29, 1.82) is 0 Å². The molecule has 0 bridgehead atoms. The topological polar surface area (TPSA) is 100 Å². The molecular weight excluding hydrogens is 1950 g/mol. The molecule has 836 valence electrons. The van der Waals surface area contributed by atoms with Crippen molar-refractivity contribution in [2.24, 2.45) is 0 Å². The summed E-state index contributed by atoms with van der Waals surface area (Å²) in [4.78, 5) is 7.50. The molecule has 150 heavy (non-hydrogen) atoms. The van der Waals surface area contributed by atoms with Crippen LogP contribution in [0.3, 0.4) is 0 Å². The van der Waals surface area contributed by atoms with E-state index in [1.54, 1.807) is 0 Å². The predicted octanol–water partition coefficient (Wildman–Crippen LogP) is 45.6. The Morgan fingerprint density at radius 2 is 0.200 bits per heavy atom. The van der Waals surface area contributed by atoms with Crippen LogP contribution in [0.15, 0.2) is 218 Å². The van der Waals surface area contributed by atoms with E-state index >= 15 is 0 Å². The fourth-order valence-electron chi connectivity index (χ4n) is 19.0. The summed E-state index contributed by atoms with van der Waals surface area (Å²) in [7, 11) is -5.05. The molecule has 0 spiro atoms. The second-order valence-electron chi connectivity index (χ2n) is 42.1. The van der Waals surface area contributed by atoms with Gasteiger partial charge in [-0.1, -0.05) is 518 Å². The van der Waals surface area contributed by atoms with Gasteiger partial charge in [-0.15, -0.1) is 0 Å². The van der Waals surface area contributed by atoms with Crippen molar-refractivity contribution in [1.82, 2.24) is 0 Å². The number of unbranched alkanes of at least 4 members (excludes halogenated alkanes) is 54. The van der Waals surface area contributed by atoms with E-state index in [-0.39, 0.29) is 16.5 Å². The van der Waals surface area contributed by atoms with Gasteiger partial charge in [-0.3, -0.25) is 4.79 Å². The van der Waals surface area contributed by atoms with E-state index in [0.717, 1.165) is 110 Å². The zero-order chi connectivity index (χ0) is 106. The molecule has 0 aliphatic rings. The molecule has 2 radical (unpaired) electrons. The maximum Gasteiger partial charge on any atom is 0.530 e. The normalized spacial score (nSPS) is 11.1. The molecule has 0 aliphatic heterocycles. The molecule has 0 saturated carbocycles. The number of aryl methyl sites for hydroxylation is 9. The van der Waals surface area contributed by atoms with E-state index in [0.29, 0.717) is 0 Å². The first-order chi connectivity index (χ1) is 73.6. The van der Waals surface area contributed by atoms with Crippen LogP contribution in [0.4, 0.5) is 0 Å². The van der Waals surface area contributed by atoms with Gasteiger partial charge in [0.05, 0.1) is 0 Å². The Kier molecular flexibility index (Phi) is 83.4. The Morgan fingerprint density at radius 1 is 0.127 bits per heavy atom. The van der Waals surface area contributed by atoms with Gasteiger partial charge in [0.1, 0.15) is 51.7 Å². The van der Waals surface area contributed by atoms with Gasteiger partial charge in [-0.25, -0.2) is 0 Å². The van der Waals surface area contributed by atoms with Crippen molar-refractivity contribution in [2.75, 3.05) is 0 Å². The molecule has 9 aromatic carbocycles. The van der Waals surface area contributed by atoms with Gasteiger partial charge in [0.2, 0.25) is 0 Å². The zero-order valence-corrected chi connectivity index (χ0v) is 99.6. The molecule has 0 fully saturated rings. The van der Waals surface area contributed by atoms with E-state index < -0.39 is 25.8 Å². The number of carbonyl (C=O) groups excluding carboxylic acids is 1. The van der Waals surface area contributed by atoms with Gasteiger partial charge >= 0.3 is 25.8 Å². The first-order valence-electron chi connectivity index (χ1n) is 61.1. The van der Waals surface area contributed by atoms with Crippen LogP contribution in [0.1, 0.15) is 517 Å². The van der Waals surface area contributed by atoms with Crippen LogP contribution in [0.2, 0.25) is 0 Å². The number of rotatable bonds is 90. The molecule has 9 rings (SSSR count). The maximum atomic E-state index is 7.50. The Morgan fingerprint density at radius 3 is 0.280 bits per heavy atom. The van der Waals surface area contributed by atoms with Gasteiger partial charge in [-0.2, -0.15) is 0 Å². The Labute approximate surface area is 932 Å². The minimum absolute atomic E-state index is 0. The van der Waals surface area contributed by atoms with Crippen molar-refractivity contribution >= 4 is 32.6 Å². The van der Waals surface area contributed by atoms with Gasteiger partial charge in [0.25, 0.3) is 6.79 Å². The number of hydrogen-bond acceptors (Lipinski definition) is 10. The maximum absolute atomic E-state index is 7.50. The number of benzene rings is 9. The second-order valence-corrected chi connectivity index (χ2v) is 45.1. The Bertz CT molecular complexity index is 3560. The van der Waals surface area contributed by atoms with Crippen molar-refractivity contribution < 1.29 is 62.0 Å². The first kappa shape index (κ1) is 133. The summed E-state index contributed by atoms with van der Waals surface area (Å²) in [6, 6.07) is 76.6. The van der Waals surface area contributed by atoms with Crippen molar-refractivity contribution in [3.05, 3.63) is 268 Å². The molecule has 0 atom stereocenters. The first-order valence-corrected chi connectivity index (χ1v) is 64.4. The Hall–Kier alpha value is -7.37. The van der Waals surface area contributed by atoms with E-state index in [1.165, 1.54) is 455 Å². The fourth-order valence-corrected chi connectivity index (χ4v) is 22.0. The van der Waals surface area contributed by atoms with Crippen LogP contribution in [-0.4, -0.2) is 6.79 Å². The summed E-state index contributed by atoms with van der Waals surface area (Å²) in [5.41, 5.74) is 12.3. The summed E-state index contributed by atoms with van der Waals surface area (Å²) in [5, 5.41) is 0. The summed E-state index contributed by atoms with van der Waals surface area (Å²) in [5.74, 6) is 7.00. The largest absolute Gasteiger partial charge is 0.530 e. The van der Waals surface area contributed by atoms with Gasteiger partial charge in [-0.05, 0) is 275 Å². The van der Waals surface area contributed by atoms with Crippen LogP contribution in [-0.2, 0) is 79.1 Å². The smallest absolute Gasteiger partial charge is 0.409 e. The molecule has 14 heteroatoms. The van der Waals surface area contributed by atoms with Crippen molar-refractivity contribution in [3.63, 3.8) is 0 Å². The van der Waals surface area contributed by atoms with E-state index in [4.69, 9.17) is 45.5 Å². The second kappa shape index (κ2) is 94.0. The molecule has 0 amide bonds. The van der Waals surface area contributed by atoms with E-state index in [9.17, 15) is 0 Å². The molecule has 9 aromatic rings. The van der Waals surface area contributed by atoms with Crippen LogP contribution < -0.4 is 40.7 Å². The van der Waals surface area contributed by atoms with Crippen LogP contribution in [0, 0.1) is 0 Å². The molecule has 0 aliphatic carbocycles. The van der Waals surface area contributed by atoms with Crippen LogP contribution >= 0.6 is 25.8 Å². The third kappa shape index (κ3) is 68.8. The molecular formula is C136H207NiO10P3. The standard InChI is InChI=1S/3C45H69O3P.CO.Ni/c3*1-4-7-10-13-16-19-22-25-40-28-34-43(35-29-40)46-49(47-44-36-30-41(31-37-44)26-23-20-17-14-11-8-5-2)48-45-38-32-42(33-39-45)27-24-21-18-15-12-9-6-3;1-2;/h3*28-39H,4-27H2,1-3H3;;. The summed E-state index contributed by atoms with van der Waals surface area (Å²) in [6.07, 6.45) is 94.0. The number of hydrogen-bond donors (Lipinski definition) is 0. The quantitative estimate of drug-likeness (QED) is 0.0208. The zero-order valence-electron chi connectivity index (χ0n) is 95.9. The minimum Gasteiger partial charge on any atom is -0.409 e. The van der Waals surface area contributed by atoms with Crippen molar-refractivity contribution in [3.8, 4) is 51.7 Å². The average Bonchev–Trinajstić information content (AvgIpc) is 0.863. The molecule has 10 nitrogen and oxygen atoms in total. The fraction of sp³-hybridized carbons (Fsp3) is 0.596. The minimum atomic E-state index is -1.68.